The zero-order valence-corrected chi connectivity index (χ0v) is 18.5. The molecule has 3 aromatic carbocycles. The number of aryl methyl sites for hydroxylation is 2. The molecule has 3 rings (SSSR count). The lowest BCUT2D eigenvalue weighted by molar-refractivity contribution is 0.0977. The highest BCUT2D eigenvalue weighted by Crippen LogP contribution is 2.24. The van der Waals surface area contributed by atoms with Crippen LogP contribution in [0.25, 0.3) is 0 Å². The van der Waals surface area contributed by atoms with E-state index in [1.807, 2.05) is 32.0 Å². The molecular formula is C22H21N3O4S2. The number of rotatable bonds is 5. The number of anilines is 2. The van der Waals surface area contributed by atoms with Gasteiger partial charge < -0.3 is 10.4 Å². The molecule has 0 heterocycles. The van der Waals surface area contributed by atoms with Crippen LogP contribution in [0, 0.1) is 13.8 Å². The molecule has 1 amide bonds. The van der Waals surface area contributed by atoms with Gasteiger partial charge in [0.2, 0.25) is 0 Å². The van der Waals surface area contributed by atoms with Crippen molar-refractivity contribution in [1.82, 2.24) is 5.32 Å². The number of phenolic OH excluding ortho intramolecular Hbond substituents is 1. The summed E-state index contributed by atoms with van der Waals surface area (Å²) in [6.45, 7) is 3.68. The van der Waals surface area contributed by atoms with E-state index >= 15 is 0 Å². The van der Waals surface area contributed by atoms with Crippen LogP contribution in [0.4, 0.5) is 11.4 Å². The quantitative estimate of drug-likeness (QED) is 0.434. The van der Waals surface area contributed by atoms with Crippen LogP contribution in [-0.4, -0.2) is 24.5 Å². The minimum Gasteiger partial charge on any atom is -0.508 e. The lowest BCUT2D eigenvalue weighted by atomic mass is 10.1. The highest BCUT2D eigenvalue weighted by atomic mass is 32.2. The molecular weight excluding hydrogens is 434 g/mol. The minimum absolute atomic E-state index is 0.0550. The van der Waals surface area contributed by atoms with Crippen molar-refractivity contribution in [2.45, 2.75) is 18.7 Å². The van der Waals surface area contributed by atoms with Crippen molar-refractivity contribution in [1.29, 1.82) is 0 Å². The number of aromatic hydroxyl groups is 1. The summed E-state index contributed by atoms with van der Waals surface area (Å²) < 4.78 is 28.1. The number of carbonyl (C=O) groups excluding carboxylic acids is 1. The Labute approximate surface area is 186 Å². The first-order valence-corrected chi connectivity index (χ1v) is 11.2. The molecule has 0 saturated carbocycles. The Hall–Kier alpha value is -3.43. The van der Waals surface area contributed by atoms with Gasteiger partial charge >= 0.3 is 0 Å². The van der Waals surface area contributed by atoms with E-state index in [9.17, 15) is 18.3 Å². The predicted octanol–water partition coefficient (Wildman–Crippen LogP) is 3.94. The largest absolute Gasteiger partial charge is 0.508 e. The SMILES string of the molecule is Cc1cccc(C)c1NS(=O)(=O)c1ccc(NC(=S)NC(=O)c2ccc(O)cc2)cc1. The van der Waals surface area contributed by atoms with E-state index in [1.54, 1.807) is 12.1 Å². The summed E-state index contributed by atoms with van der Waals surface area (Å²) in [7, 11) is -3.76. The number of para-hydroxylation sites is 1. The fourth-order valence-corrected chi connectivity index (χ4v) is 4.25. The summed E-state index contributed by atoms with van der Waals surface area (Å²) in [6.07, 6.45) is 0. The smallest absolute Gasteiger partial charge is 0.261 e. The molecule has 0 aromatic heterocycles. The number of hydrogen-bond acceptors (Lipinski definition) is 5. The zero-order chi connectivity index (χ0) is 22.6. The number of sulfonamides is 1. The van der Waals surface area contributed by atoms with Gasteiger partial charge in [-0.15, -0.1) is 0 Å². The van der Waals surface area contributed by atoms with Crippen LogP contribution in [0.5, 0.6) is 5.75 Å². The molecule has 9 heteroatoms. The third-order valence-electron chi connectivity index (χ3n) is 4.50. The molecule has 0 unspecified atom stereocenters. The topological polar surface area (TPSA) is 108 Å². The first kappa shape index (κ1) is 22.3. The fraction of sp³-hybridized carbons (Fsp3) is 0.0909. The molecule has 0 atom stereocenters. The van der Waals surface area contributed by atoms with Gasteiger partial charge in [0.15, 0.2) is 5.11 Å². The molecule has 0 aliphatic carbocycles. The van der Waals surface area contributed by atoms with Crippen LogP contribution in [0.1, 0.15) is 21.5 Å². The first-order valence-electron chi connectivity index (χ1n) is 9.26. The van der Waals surface area contributed by atoms with Crippen molar-refractivity contribution in [3.8, 4) is 5.75 Å². The maximum atomic E-state index is 12.7. The van der Waals surface area contributed by atoms with Crippen molar-refractivity contribution in [3.63, 3.8) is 0 Å². The van der Waals surface area contributed by atoms with Crippen LogP contribution < -0.4 is 15.4 Å². The number of thiocarbonyl (C=S) groups is 1. The lowest BCUT2D eigenvalue weighted by Crippen LogP contribution is -2.34. The summed E-state index contributed by atoms with van der Waals surface area (Å²) >= 11 is 5.14. The summed E-state index contributed by atoms with van der Waals surface area (Å²) in [5, 5.41) is 14.7. The zero-order valence-electron chi connectivity index (χ0n) is 16.8. The number of benzene rings is 3. The Bertz CT molecular complexity index is 1200. The maximum Gasteiger partial charge on any atom is 0.261 e. The molecule has 3 aromatic rings. The Kier molecular flexibility index (Phi) is 6.57. The molecule has 0 bridgehead atoms. The molecule has 0 aliphatic heterocycles. The van der Waals surface area contributed by atoms with Gasteiger partial charge in [-0.05, 0) is 85.7 Å². The van der Waals surface area contributed by atoms with E-state index in [0.717, 1.165) is 11.1 Å². The van der Waals surface area contributed by atoms with Crippen LogP contribution in [-0.2, 0) is 10.0 Å². The van der Waals surface area contributed by atoms with Crippen LogP contribution in [0.3, 0.4) is 0 Å². The maximum absolute atomic E-state index is 12.7. The van der Waals surface area contributed by atoms with Crippen LogP contribution in [0.15, 0.2) is 71.6 Å². The average Bonchev–Trinajstić information content (AvgIpc) is 2.71. The molecule has 0 aliphatic rings. The van der Waals surface area contributed by atoms with E-state index in [-0.39, 0.29) is 15.8 Å². The predicted molar refractivity (Wildman–Crippen MR) is 125 cm³/mol. The highest BCUT2D eigenvalue weighted by molar-refractivity contribution is 7.92. The Morgan fingerprint density at radius 1 is 0.903 bits per heavy atom. The van der Waals surface area contributed by atoms with Gasteiger partial charge in [-0.25, -0.2) is 8.42 Å². The lowest BCUT2D eigenvalue weighted by Gasteiger charge is -2.14. The van der Waals surface area contributed by atoms with Gasteiger partial charge in [0.25, 0.3) is 15.9 Å². The molecule has 0 radical (unpaired) electrons. The van der Waals surface area contributed by atoms with E-state index in [1.165, 1.54) is 36.4 Å². The standard InChI is InChI=1S/C22H21N3O4S2/c1-14-4-3-5-15(2)20(14)25-31(28,29)19-12-8-17(9-13-19)23-22(30)24-21(27)16-6-10-18(26)11-7-16/h3-13,25-26H,1-2H3,(H2,23,24,27,30). The van der Waals surface area contributed by atoms with Gasteiger partial charge in [-0.3, -0.25) is 14.8 Å². The van der Waals surface area contributed by atoms with E-state index in [4.69, 9.17) is 12.2 Å². The molecule has 0 saturated heterocycles. The Morgan fingerprint density at radius 2 is 1.48 bits per heavy atom. The highest BCUT2D eigenvalue weighted by Gasteiger charge is 2.16. The molecule has 160 valence electrons. The van der Waals surface area contributed by atoms with Gasteiger partial charge in [-0.1, -0.05) is 18.2 Å². The van der Waals surface area contributed by atoms with Crippen molar-refractivity contribution < 1.29 is 18.3 Å². The van der Waals surface area contributed by atoms with Crippen molar-refractivity contribution in [2.75, 3.05) is 10.0 Å². The number of nitrogens with one attached hydrogen (secondary N) is 3. The van der Waals surface area contributed by atoms with E-state index in [2.05, 4.69) is 15.4 Å². The van der Waals surface area contributed by atoms with Gasteiger partial charge in [-0.2, -0.15) is 0 Å². The summed E-state index contributed by atoms with van der Waals surface area (Å²) in [6, 6.07) is 17.3. The monoisotopic (exact) mass is 455 g/mol. The summed E-state index contributed by atoms with van der Waals surface area (Å²) in [4.78, 5) is 12.3. The van der Waals surface area contributed by atoms with Crippen LogP contribution in [0.2, 0.25) is 0 Å². The van der Waals surface area contributed by atoms with Gasteiger partial charge in [0.05, 0.1) is 10.6 Å². The van der Waals surface area contributed by atoms with Gasteiger partial charge in [0, 0.05) is 11.3 Å². The summed E-state index contributed by atoms with van der Waals surface area (Å²) in [5.41, 5.74) is 3.07. The van der Waals surface area contributed by atoms with Crippen LogP contribution >= 0.6 is 12.2 Å². The number of hydrogen-bond donors (Lipinski definition) is 4. The molecule has 31 heavy (non-hydrogen) atoms. The van der Waals surface area contributed by atoms with E-state index in [0.29, 0.717) is 16.9 Å². The van der Waals surface area contributed by atoms with Gasteiger partial charge in [0.1, 0.15) is 5.75 Å². The average molecular weight is 456 g/mol. The molecule has 4 N–H and O–H groups in total. The Balaban J connectivity index is 1.66. The van der Waals surface area contributed by atoms with Crippen molar-refractivity contribution in [2.24, 2.45) is 0 Å². The molecule has 0 spiro atoms. The second kappa shape index (κ2) is 9.15. The second-order valence-electron chi connectivity index (χ2n) is 6.85. The van der Waals surface area contributed by atoms with E-state index < -0.39 is 15.9 Å². The molecule has 7 nitrogen and oxygen atoms in total. The summed E-state index contributed by atoms with van der Waals surface area (Å²) in [5.74, 6) is -0.381. The Morgan fingerprint density at radius 3 is 2.06 bits per heavy atom. The number of phenols is 1. The second-order valence-corrected chi connectivity index (χ2v) is 8.94. The minimum atomic E-state index is -3.76. The van der Waals surface area contributed by atoms with Crippen molar-refractivity contribution >= 4 is 44.6 Å². The first-order chi connectivity index (χ1) is 14.7. The van der Waals surface area contributed by atoms with Crippen molar-refractivity contribution in [3.05, 3.63) is 83.4 Å². The fourth-order valence-electron chi connectivity index (χ4n) is 2.84. The third kappa shape index (κ3) is 5.59. The normalized spacial score (nSPS) is 10.9. The number of carbonyl (C=O) groups is 1. The third-order valence-corrected chi connectivity index (χ3v) is 6.07. The number of amides is 1. The molecule has 0 fully saturated rings.